The molecule has 1 aliphatic rings. The van der Waals surface area contributed by atoms with Gasteiger partial charge in [-0.05, 0) is 56.0 Å². The van der Waals surface area contributed by atoms with Gasteiger partial charge in [-0.25, -0.2) is 0 Å². The summed E-state index contributed by atoms with van der Waals surface area (Å²) in [6.07, 6.45) is 0.859. The van der Waals surface area contributed by atoms with Crippen molar-refractivity contribution in [1.29, 1.82) is 0 Å². The zero-order valence-corrected chi connectivity index (χ0v) is 14.4. The Hall–Kier alpha value is -1.25. The van der Waals surface area contributed by atoms with Crippen molar-refractivity contribution < 1.29 is 18.0 Å². The number of nitrogens with zero attached hydrogens (tertiary/aromatic N) is 2. The van der Waals surface area contributed by atoms with Crippen LogP contribution in [0.2, 0.25) is 0 Å². The molecule has 0 radical (unpaired) electrons. The molecule has 1 aliphatic heterocycles. The van der Waals surface area contributed by atoms with E-state index in [9.17, 15) is 18.0 Å². The molecule has 0 bridgehead atoms. The van der Waals surface area contributed by atoms with Crippen LogP contribution in [0.4, 0.5) is 13.2 Å². The molecule has 4 nitrogen and oxygen atoms in total. The normalized spacial score (nSPS) is 17.0. The minimum atomic E-state index is -4.31. The Bertz CT molecular complexity index is 528. The number of hydrogen-bond acceptors (Lipinski definition) is 4. The molecule has 1 N–H and O–H groups in total. The van der Waals surface area contributed by atoms with Crippen molar-refractivity contribution in [3.63, 3.8) is 0 Å². The van der Waals surface area contributed by atoms with Gasteiger partial charge in [-0.15, -0.1) is 0 Å². The van der Waals surface area contributed by atoms with Gasteiger partial charge < -0.3 is 15.1 Å². The maximum atomic E-state index is 12.3. The average Bonchev–Trinajstić information content (AvgIpc) is 2.52. The minimum Gasteiger partial charge on any atom is -0.352 e. The summed E-state index contributed by atoms with van der Waals surface area (Å²) in [6.45, 7) is 5.72. The molecule has 2 rings (SSSR count). The predicted octanol–water partition coefficient (Wildman–Crippen LogP) is 2.67. The molecule has 8 heteroatoms. The topological polar surface area (TPSA) is 35.6 Å². The average molecular weight is 361 g/mol. The molecule has 134 valence electrons. The fourth-order valence-electron chi connectivity index (χ4n) is 2.49. The predicted molar refractivity (Wildman–Crippen MR) is 89.2 cm³/mol. The maximum absolute atomic E-state index is 12.3. The molecule has 1 amide bonds. The highest BCUT2D eigenvalue weighted by atomic mass is 32.2. The number of carbonyl (C=O) groups is 1. The van der Waals surface area contributed by atoms with Gasteiger partial charge in [0, 0.05) is 43.2 Å². The van der Waals surface area contributed by atoms with Gasteiger partial charge in [0.2, 0.25) is 0 Å². The fourth-order valence-corrected chi connectivity index (χ4v) is 3.03. The first-order valence-electron chi connectivity index (χ1n) is 7.88. The van der Waals surface area contributed by atoms with Crippen molar-refractivity contribution in [3.05, 3.63) is 29.8 Å². The molecule has 0 unspecified atom stereocenters. The third-order valence-corrected chi connectivity index (χ3v) is 4.62. The zero-order chi connectivity index (χ0) is 17.6. The van der Waals surface area contributed by atoms with Crippen molar-refractivity contribution >= 4 is 17.7 Å². The Morgan fingerprint density at radius 3 is 2.38 bits per heavy atom. The van der Waals surface area contributed by atoms with E-state index in [1.54, 1.807) is 0 Å². The number of hydrogen-bond donors (Lipinski definition) is 1. The number of thioether (sulfide) groups is 1. The third kappa shape index (κ3) is 6.70. The lowest BCUT2D eigenvalue weighted by molar-refractivity contribution is -0.0328. The van der Waals surface area contributed by atoms with Crippen LogP contribution in [0.5, 0.6) is 0 Å². The van der Waals surface area contributed by atoms with Gasteiger partial charge in [-0.3, -0.25) is 4.79 Å². The van der Waals surface area contributed by atoms with E-state index in [4.69, 9.17) is 0 Å². The first kappa shape index (κ1) is 19.1. The molecule has 0 aromatic heterocycles. The van der Waals surface area contributed by atoms with Gasteiger partial charge >= 0.3 is 5.51 Å². The Labute approximate surface area is 144 Å². The van der Waals surface area contributed by atoms with Crippen molar-refractivity contribution in [2.45, 2.75) is 16.8 Å². The molecule has 1 aromatic rings. The van der Waals surface area contributed by atoms with E-state index < -0.39 is 5.51 Å². The van der Waals surface area contributed by atoms with Crippen LogP contribution in [-0.4, -0.2) is 67.5 Å². The molecule has 0 aliphatic carbocycles. The summed E-state index contributed by atoms with van der Waals surface area (Å²) < 4.78 is 36.8. The molecule has 0 spiro atoms. The number of carbonyl (C=O) groups excluding carboxylic acids is 1. The van der Waals surface area contributed by atoms with E-state index in [0.29, 0.717) is 12.1 Å². The lowest BCUT2D eigenvalue weighted by atomic mass is 10.2. The largest absolute Gasteiger partial charge is 0.446 e. The summed E-state index contributed by atoms with van der Waals surface area (Å²) in [5, 5.41) is 2.81. The van der Waals surface area contributed by atoms with Gasteiger partial charge in [0.05, 0.1) is 0 Å². The summed E-state index contributed by atoms with van der Waals surface area (Å²) in [4.78, 5) is 16.7. The molecule has 0 saturated carbocycles. The third-order valence-electron chi connectivity index (χ3n) is 3.88. The molecule has 1 heterocycles. The van der Waals surface area contributed by atoms with Crippen molar-refractivity contribution in [1.82, 2.24) is 15.1 Å². The summed E-state index contributed by atoms with van der Waals surface area (Å²) >= 11 is -0.182. The van der Waals surface area contributed by atoms with Crippen LogP contribution in [0.25, 0.3) is 0 Å². The first-order valence-corrected chi connectivity index (χ1v) is 8.70. The van der Waals surface area contributed by atoms with Gasteiger partial charge in [-0.1, -0.05) is 0 Å². The van der Waals surface area contributed by atoms with Crippen LogP contribution >= 0.6 is 11.8 Å². The molecule has 24 heavy (non-hydrogen) atoms. The number of rotatable bonds is 6. The summed E-state index contributed by atoms with van der Waals surface area (Å²) in [7, 11) is 2.11. The van der Waals surface area contributed by atoms with Crippen LogP contribution in [-0.2, 0) is 0 Å². The SMILES string of the molecule is CN1CCN(CCCNC(=O)c2ccc(SC(F)(F)F)cc2)CC1. The van der Waals surface area contributed by atoms with Crippen molar-refractivity contribution in [2.75, 3.05) is 46.3 Å². The lowest BCUT2D eigenvalue weighted by Gasteiger charge is -2.32. The summed E-state index contributed by atoms with van der Waals surface area (Å²) in [6, 6.07) is 5.47. The minimum absolute atomic E-state index is 0.0779. The van der Waals surface area contributed by atoms with Gasteiger partial charge in [0.1, 0.15) is 0 Å². The second-order valence-corrected chi connectivity index (χ2v) is 6.96. The highest BCUT2D eigenvalue weighted by Crippen LogP contribution is 2.36. The lowest BCUT2D eigenvalue weighted by Crippen LogP contribution is -2.45. The Morgan fingerprint density at radius 1 is 1.17 bits per heavy atom. The molecule has 1 fully saturated rings. The molecule has 0 atom stereocenters. The fraction of sp³-hybridized carbons (Fsp3) is 0.562. The van der Waals surface area contributed by atoms with Crippen LogP contribution in [0.1, 0.15) is 16.8 Å². The highest BCUT2D eigenvalue weighted by molar-refractivity contribution is 8.00. The second-order valence-electron chi connectivity index (χ2n) is 5.83. The highest BCUT2D eigenvalue weighted by Gasteiger charge is 2.29. The first-order chi connectivity index (χ1) is 11.3. The Balaban J connectivity index is 1.68. The smallest absolute Gasteiger partial charge is 0.352 e. The van der Waals surface area contributed by atoms with E-state index >= 15 is 0 Å². The van der Waals surface area contributed by atoms with Crippen LogP contribution in [0.3, 0.4) is 0 Å². The maximum Gasteiger partial charge on any atom is 0.446 e. The molecular formula is C16H22F3N3OS. The van der Waals surface area contributed by atoms with Crippen molar-refractivity contribution in [2.24, 2.45) is 0 Å². The Morgan fingerprint density at radius 2 is 1.79 bits per heavy atom. The molecule has 1 aromatic carbocycles. The van der Waals surface area contributed by atoms with Gasteiger partial charge in [-0.2, -0.15) is 13.2 Å². The number of benzene rings is 1. The molecule has 1 saturated heterocycles. The molecular weight excluding hydrogens is 339 g/mol. The van der Waals surface area contributed by atoms with Crippen LogP contribution in [0, 0.1) is 0 Å². The number of likely N-dealkylation sites (N-methyl/N-ethyl adjacent to an activating group) is 1. The van der Waals surface area contributed by atoms with Crippen LogP contribution in [0.15, 0.2) is 29.2 Å². The van der Waals surface area contributed by atoms with Crippen molar-refractivity contribution in [3.8, 4) is 0 Å². The van der Waals surface area contributed by atoms with Crippen LogP contribution < -0.4 is 5.32 Å². The van der Waals surface area contributed by atoms with E-state index in [-0.39, 0.29) is 22.6 Å². The summed E-state index contributed by atoms with van der Waals surface area (Å²) in [5.74, 6) is -0.253. The standard InChI is InChI=1S/C16H22F3N3OS/c1-21-9-11-22(12-10-21)8-2-7-20-15(23)13-3-5-14(6-4-13)24-16(17,18)19/h3-6H,2,7-12H2,1H3,(H,20,23). The number of halogens is 3. The Kier molecular flexibility index (Phi) is 6.94. The number of alkyl halides is 3. The second kappa shape index (κ2) is 8.73. The van der Waals surface area contributed by atoms with E-state index in [2.05, 4.69) is 22.2 Å². The van der Waals surface area contributed by atoms with Gasteiger partial charge in [0.15, 0.2) is 0 Å². The monoisotopic (exact) mass is 361 g/mol. The zero-order valence-electron chi connectivity index (χ0n) is 13.6. The number of piperazine rings is 1. The summed E-state index contributed by atoms with van der Waals surface area (Å²) in [5.41, 5.74) is -3.94. The number of nitrogens with one attached hydrogen (secondary N) is 1. The van der Waals surface area contributed by atoms with E-state index in [1.807, 2.05) is 0 Å². The van der Waals surface area contributed by atoms with E-state index in [1.165, 1.54) is 24.3 Å². The quantitative estimate of drug-likeness (QED) is 0.624. The van der Waals surface area contributed by atoms with E-state index in [0.717, 1.165) is 39.1 Å². The van der Waals surface area contributed by atoms with Gasteiger partial charge in [0.25, 0.3) is 5.91 Å². The number of amides is 1.